The van der Waals surface area contributed by atoms with Gasteiger partial charge in [0.05, 0.1) is 19.2 Å². The molecular weight excluding hydrogens is 314 g/mol. The lowest BCUT2D eigenvalue weighted by Gasteiger charge is -2.32. The van der Waals surface area contributed by atoms with Crippen molar-refractivity contribution >= 4 is 21.6 Å². The lowest BCUT2D eigenvalue weighted by molar-refractivity contribution is 0.267. The minimum absolute atomic E-state index is 0.0184. The highest BCUT2D eigenvalue weighted by Gasteiger charge is 2.33. The third-order valence-corrected chi connectivity index (χ3v) is 6.10. The van der Waals surface area contributed by atoms with Gasteiger partial charge in [0.1, 0.15) is 16.4 Å². The highest BCUT2D eigenvalue weighted by molar-refractivity contribution is 7.89. The van der Waals surface area contributed by atoms with Gasteiger partial charge in [-0.25, -0.2) is 8.42 Å². The van der Waals surface area contributed by atoms with Gasteiger partial charge in [-0.05, 0) is 19.8 Å². The minimum Gasteiger partial charge on any atom is -0.495 e. The first kappa shape index (κ1) is 16.4. The van der Waals surface area contributed by atoms with Gasteiger partial charge in [-0.15, -0.1) is 0 Å². The van der Waals surface area contributed by atoms with Crippen molar-refractivity contribution in [2.24, 2.45) is 0 Å². The van der Waals surface area contributed by atoms with E-state index in [-0.39, 0.29) is 16.7 Å². The molecule has 1 fully saturated rings. The zero-order chi connectivity index (χ0) is 15.6. The predicted octanol–water partition coefficient (Wildman–Crippen LogP) is 2.92. The first-order chi connectivity index (χ1) is 9.91. The van der Waals surface area contributed by atoms with Crippen LogP contribution in [0.3, 0.4) is 0 Å². The van der Waals surface area contributed by atoms with Crippen molar-refractivity contribution in [1.82, 2.24) is 4.31 Å². The van der Waals surface area contributed by atoms with E-state index in [4.69, 9.17) is 21.1 Å². The summed E-state index contributed by atoms with van der Waals surface area (Å²) >= 11 is 6.03. The minimum atomic E-state index is -3.63. The van der Waals surface area contributed by atoms with Crippen LogP contribution in [0.5, 0.6) is 11.5 Å². The SMILES string of the molecule is COc1cc(S(=O)(=O)N2CCCCC2C)c(OC)cc1Cl. The van der Waals surface area contributed by atoms with Crippen molar-refractivity contribution in [1.29, 1.82) is 0 Å². The molecule has 0 bridgehead atoms. The summed E-state index contributed by atoms with van der Waals surface area (Å²) < 4.78 is 37.7. The van der Waals surface area contributed by atoms with E-state index < -0.39 is 10.0 Å². The van der Waals surface area contributed by atoms with Crippen LogP contribution >= 0.6 is 11.6 Å². The smallest absolute Gasteiger partial charge is 0.247 e. The Bertz CT molecular complexity index is 618. The first-order valence-electron chi connectivity index (χ1n) is 6.85. The van der Waals surface area contributed by atoms with Crippen molar-refractivity contribution < 1.29 is 17.9 Å². The van der Waals surface area contributed by atoms with Crippen molar-refractivity contribution in [2.45, 2.75) is 37.1 Å². The summed E-state index contributed by atoms with van der Waals surface area (Å²) in [5, 5.41) is 0.319. The molecule has 0 saturated carbocycles. The third-order valence-electron chi connectivity index (χ3n) is 3.77. The number of halogens is 1. The average molecular weight is 334 g/mol. The Labute approximate surface area is 130 Å². The molecule has 1 aromatic rings. The Balaban J connectivity index is 2.52. The average Bonchev–Trinajstić information content (AvgIpc) is 2.46. The van der Waals surface area contributed by atoms with Gasteiger partial charge < -0.3 is 9.47 Å². The van der Waals surface area contributed by atoms with E-state index in [2.05, 4.69) is 0 Å². The van der Waals surface area contributed by atoms with Crippen LogP contribution in [0, 0.1) is 0 Å². The van der Waals surface area contributed by atoms with Gasteiger partial charge in [-0.1, -0.05) is 18.0 Å². The fourth-order valence-corrected chi connectivity index (χ4v) is 4.67. The summed E-state index contributed by atoms with van der Waals surface area (Å²) in [6, 6.07) is 2.88. The third kappa shape index (κ3) is 3.12. The summed E-state index contributed by atoms with van der Waals surface area (Å²) in [6.07, 6.45) is 2.79. The van der Waals surface area contributed by atoms with Crippen LogP contribution in [0.15, 0.2) is 17.0 Å². The standard InChI is InChI=1S/C14H20ClNO4S/c1-10-6-4-5-7-16(10)21(17,18)14-9-12(19-2)11(15)8-13(14)20-3/h8-10H,4-7H2,1-3H3. The number of benzene rings is 1. The maximum absolute atomic E-state index is 12.9. The van der Waals surface area contributed by atoms with E-state index in [0.717, 1.165) is 19.3 Å². The van der Waals surface area contributed by atoms with Gasteiger partial charge in [-0.2, -0.15) is 4.31 Å². The predicted molar refractivity (Wildman–Crippen MR) is 81.8 cm³/mol. The Morgan fingerprint density at radius 3 is 2.43 bits per heavy atom. The Morgan fingerprint density at radius 1 is 1.19 bits per heavy atom. The molecule has 7 heteroatoms. The van der Waals surface area contributed by atoms with Crippen LogP contribution in [0.25, 0.3) is 0 Å². The van der Waals surface area contributed by atoms with Gasteiger partial charge in [-0.3, -0.25) is 0 Å². The van der Waals surface area contributed by atoms with E-state index in [1.165, 1.54) is 30.7 Å². The summed E-state index contributed by atoms with van der Waals surface area (Å²) in [5.41, 5.74) is 0. The molecule has 1 aromatic carbocycles. The second kappa shape index (κ2) is 6.42. The monoisotopic (exact) mass is 333 g/mol. The van der Waals surface area contributed by atoms with Crippen LogP contribution in [-0.4, -0.2) is 39.5 Å². The molecule has 0 aliphatic carbocycles. The van der Waals surface area contributed by atoms with E-state index in [9.17, 15) is 8.42 Å². The molecule has 1 aliphatic rings. The number of nitrogens with zero attached hydrogens (tertiary/aromatic N) is 1. The zero-order valence-corrected chi connectivity index (χ0v) is 14.0. The second-order valence-electron chi connectivity index (χ2n) is 5.10. The van der Waals surface area contributed by atoms with E-state index in [0.29, 0.717) is 17.3 Å². The van der Waals surface area contributed by atoms with E-state index >= 15 is 0 Å². The van der Waals surface area contributed by atoms with Crippen molar-refractivity contribution in [3.63, 3.8) is 0 Å². The maximum atomic E-state index is 12.9. The van der Waals surface area contributed by atoms with Crippen LogP contribution in [0.1, 0.15) is 26.2 Å². The van der Waals surface area contributed by atoms with Crippen LogP contribution < -0.4 is 9.47 Å². The fourth-order valence-electron chi connectivity index (χ4n) is 2.59. The van der Waals surface area contributed by atoms with Crippen LogP contribution in [-0.2, 0) is 10.0 Å². The molecule has 1 unspecified atom stereocenters. The Morgan fingerprint density at radius 2 is 1.86 bits per heavy atom. The second-order valence-corrected chi connectivity index (χ2v) is 7.36. The van der Waals surface area contributed by atoms with Crippen molar-refractivity contribution in [3.8, 4) is 11.5 Å². The van der Waals surface area contributed by atoms with Gasteiger partial charge in [0.2, 0.25) is 10.0 Å². The molecule has 0 N–H and O–H groups in total. The number of hydrogen-bond donors (Lipinski definition) is 0. The summed E-state index contributed by atoms with van der Waals surface area (Å²) in [5.74, 6) is 0.555. The largest absolute Gasteiger partial charge is 0.495 e. The number of sulfonamides is 1. The molecular formula is C14H20ClNO4S. The van der Waals surface area contributed by atoms with Crippen LogP contribution in [0.4, 0.5) is 0 Å². The fraction of sp³-hybridized carbons (Fsp3) is 0.571. The molecule has 0 aromatic heterocycles. The molecule has 0 radical (unpaired) electrons. The van der Waals surface area contributed by atoms with Crippen LogP contribution in [0.2, 0.25) is 5.02 Å². The normalized spacial score (nSPS) is 20.3. The van der Waals surface area contributed by atoms with Gasteiger partial charge in [0, 0.05) is 24.7 Å². The molecule has 2 rings (SSSR count). The molecule has 1 heterocycles. The van der Waals surface area contributed by atoms with Gasteiger partial charge >= 0.3 is 0 Å². The zero-order valence-electron chi connectivity index (χ0n) is 12.4. The first-order valence-corrected chi connectivity index (χ1v) is 8.67. The molecule has 1 saturated heterocycles. The van der Waals surface area contributed by atoms with E-state index in [1.54, 1.807) is 0 Å². The van der Waals surface area contributed by atoms with Gasteiger partial charge in [0.25, 0.3) is 0 Å². The molecule has 1 atom stereocenters. The molecule has 5 nitrogen and oxygen atoms in total. The number of ether oxygens (including phenoxy) is 2. The Hall–Kier alpha value is -0.980. The number of hydrogen-bond acceptors (Lipinski definition) is 4. The number of rotatable bonds is 4. The summed E-state index contributed by atoms with van der Waals surface area (Å²) in [7, 11) is -0.754. The number of piperidine rings is 1. The highest BCUT2D eigenvalue weighted by Crippen LogP contribution is 2.37. The van der Waals surface area contributed by atoms with Crippen molar-refractivity contribution in [3.05, 3.63) is 17.2 Å². The number of methoxy groups -OCH3 is 2. The van der Waals surface area contributed by atoms with Gasteiger partial charge in [0.15, 0.2) is 0 Å². The molecule has 118 valence electrons. The summed E-state index contributed by atoms with van der Waals surface area (Å²) in [4.78, 5) is 0.0972. The summed E-state index contributed by atoms with van der Waals surface area (Å²) in [6.45, 7) is 2.45. The molecule has 0 spiro atoms. The molecule has 21 heavy (non-hydrogen) atoms. The highest BCUT2D eigenvalue weighted by atomic mass is 35.5. The Kier molecular flexibility index (Phi) is 5.01. The lowest BCUT2D eigenvalue weighted by atomic mass is 10.1. The van der Waals surface area contributed by atoms with E-state index in [1.807, 2.05) is 6.92 Å². The maximum Gasteiger partial charge on any atom is 0.247 e. The lowest BCUT2D eigenvalue weighted by Crippen LogP contribution is -2.42. The van der Waals surface area contributed by atoms with Crippen molar-refractivity contribution in [2.75, 3.05) is 20.8 Å². The molecule has 0 amide bonds. The topological polar surface area (TPSA) is 55.8 Å². The quantitative estimate of drug-likeness (QED) is 0.850. The molecule has 1 aliphatic heterocycles.